The van der Waals surface area contributed by atoms with E-state index in [0.29, 0.717) is 22.2 Å². The number of allylic oxidation sites excluding steroid dienone is 3. The van der Waals surface area contributed by atoms with Crippen LogP contribution in [0, 0.1) is 5.41 Å². The number of nitrogens with one attached hydrogen (secondary N) is 1. The van der Waals surface area contributed by atoms with Gasteiger partial charge in [-0.05, 0) is 46.3 Å². The number of methoxy groups -OCH3 is 1. The molecule has 1 aromatic rings. The molecular formula is C19H21BrN2O3. The van der Waals surface area contributed by atoms with Crippen LogP contribution in [0.5, 0.6) is 0 Å². The fraction of sp³-hybridized carbons (Fsp3) is 0.421. The summed E-state index contributed by atoms with van der Waals surface area (Å²) in [5, 5.41) is 3.29. The molecule has 1 atom stereocenters. The predicted octanol–water partition coefficient (Wildman–Crippen LogP) is 3.62. The molecule has 1 aliphatic carbocycles. The molecule has 6 heteroatoms. The normalized spacial score (nSPS) is 22.4. The van der Waals surface area contributed by atoms with Crippen LogP contribution in [0.1, 0.15) is 45.1 Å². The third-order valence-corrected chi connectivity index (χ3v) is 5.41. The van der Waals surface area contributed by atoms with E-state index in [4.69, 9.17) is 4.74 Å². The highest BCUT2D eigenvalue weighted by atomic mass is 79.9. The Bertz CT molecular complexity index is 824. The minimum atomic E-state index is -0.477. The van der Waals surface area contributed by atoms with Crippen LogP contribution in [0.15, 0.2) is 45.5 Å². The molecule has 1 aromatic heterocycles. The quantitative estimate of drug-likeness (QED) is 0.601. The van der Waals surface area contributed by atoms with E-state index in [-0.39, 0.29) is 11.2 Å². The van der Waals surface area contributed by atoms with Crippen LogP contribution in [-0.4, -0.2) is 23.8 Å². The number of pyridine rings is 1. The largest absolute Gasteiger partial charge is 0.466 e. The van der Waals surface area contributed by atoms with Gasteiger partial charge in [0.05, 0.1) is 18.6 Å². The maximum absolute atomic E-state index is 13.0. The van der Waals surface area contributed by atoms with E-state index in [9.17, 15) is 9.59 Å². The number of ketones is 1. The molecular weight excluding hydrogens is 384 g/mol. The molecule has 0 aromatic carbocycles. The van der Waals surface area contributed by atoms with E-state index < -0.39 is 11.9 Å². The molecule has 0 radical (unpaired) electrons. The molecule has 2 aliphatic rings. The van der Waals surface area contributed by atoms with Gasteiger partial charge in [-0.25, -0.2) is 9.78 Å². The lowest BCUT2D eigenvalue weighted by molar-refractivity contribution is -0.136. The molecule has 0 bridgehead atoms. The van der Waals surface area contributed by atoms with Crippen molar-refractivity contribution in [2.24, 2.45) is 5.41 Å². The maximum Gasteiger partial charge on any atom is 0.336 e. The number of hydrogen-bond donors (Lipinski definition) is 1. The first-order chi connectivity index (χ1) is 11.7. The number of aromatic nitrogens is 1. The SMILES string of the molecule is COC(=O)C1=C(C)NC2=C(C(=O)CC(C)(C)C2)[C@@H]1c1cccnc1Br. The number of Topliss-reactive ketones (excluding diaryl/α,β-unsaturated/α-hetero) is 1. The highest BCUT2D eigenvalue weighted by Crippen LogP contribution is 2.47. The van der Waals surface area contributed by atoms with Gasteiger partial charge in [-0.1, -0.05) is 19.9 Å². The molecule has 0 amide bonds. The molecule has 0 unspecified atom stereocenters. The van der Waals surface area contributed by atoms with Gasteiger partial charge in [0, 0.05) is 29.6 Å². The first kappa shape index (κ1) is 17.9. The van der Waals surface area contributed by atoms with Crippen molar-refractivity contribution in [3.63, 3.8) is 0 Å². The molecule has 25 heavy (non-hydrogen) atoms. The van der Waals surface area contributed by atoms with Crippen molar-refractivity contribution in [3.8, 4) is 0 Å². The summed E-state index contributed by atoms with van der Waals surface area (Å²) >= 11 is 3.47. The molecule has 5 nitrogen and oxygen atoms in total. The topological polar surface area (TPSA) is 68.3 Å². The highest BCUT2D eigenvalue weighted by Gasteiger charge is 2.43. The summed E-state index contributed by atoms with van der Waals surface area (Å²) in [6, 6.07) is 3.70. The van der Waals surface area contributed by atoms with Gasteiger partial charge in [0.25, 0.3) is 0 Å². The van der Waals surface area contributed by atoms with Crippen LogP contribution in [0.4, 0.5) is 0 Å². The van der Waals surface area contributed by atoms with Crippen molar-refractivity contribution in [3.05, 3.63) is 51.0 Å². The molecule has 0 fully saturated rings. The van der Waals surface area contributed by atoms with Crippen molar-refractivity contribution in [1.29, 1.82) is 0 Å². The van der Waals surface area contributed by atoms with Crippen molar-refractivity contribution < 1.29 is 14.3 Å². The zero-order valence-corrected chi connectivity index (χ0v) is 16.4. The number of nitrogens with zero attached hydrogens (tertiary/aromatic N) is 1. The Balaban J connectivity index is 2.24. The second-order valence-corrected chi connectivity index (χ2v) is 8.06. The van der Waals surface area contributed by atoms with Crippen LogP contribution in [0.25, 0.3) is 0 Å². The third-order valence-electron chi connectivity index (χ3n) is 4.74. The zero-order chi connectivity index (χ0) is 18.4. The zero-order valence-electron chi connectivity index (χ0n) is 14.8. The minimum absolute atomic E-state index is 0.0633. The number of carbonyl (C=O) groups excluding carboxylic acids is 2. The Kier molecular flexibility index (Phi) is 4.58. The van der Waals surface area contributed by atoms with E-state index in [0.717, 1.165) is 23.4 Å². The molecule has 0 saturated carbocycles. The van der Waals surface area contributed by atoms with Gasteiger partial charge in [-0.2, -0.15) is 0 Å². The lowest BCUT2D eigenvalue weighted by atomic mass is 9.69. The van der Waals surface area contributed by atoms with Gasteiger partial charge < -0.3 is 10.1 Å². The van der Waals surface area contributed by atoms with Crippen molar-refractivity contribution >= 4 is 27.7 Å². The summed E-state index contributed by atoms with van der Waals surface area (Å²) in [6.07, 6.45) is 2.88. The number of esters is 1. The number of ether oxygens (including phenoxy) is 1. The number of rotatable bonds is 2. The molecule has 1 aliphatic heterocycles. The summed E-state index contributed by atoms with van der Waals surface area (Å²) in [5.74, 6) is -0.848. The third kappa shape index (κ3) is 3.15. The predicted molar refractivity (Wildman–Crippen MR) is 97.6 cm³/mol. The summed E-state index contributed by atoms with van der Waals surface area (Å²) in [4.78, 5) is 29.8. The summed E-state index contributed by atoms with van der Waals surface area (Å²) in [6.45, 7) is 6.01. The summed E-state index contributed by atoms with van der Waals surface area (Å²) in [5.41, 5.74) is 3.42. The lowest BCUT2D eigenvalue weighted by Gasteiger charge is -2.39. The maximum atomic E-state index is 13.0. The number of dihydropyridines is 1. The summed E-state index contributed by atoms with van der Waals surface area (Å²) in [7, 11) is 1.35. The van der Waals surface area contributed by atoms with Crippen LogP contribution in [0.3, 0.4) is 0 Å². The molecule has 2 heterocycles. The van der Waals surface area contributed by atoms with Crippen LogP contribution < -0.4 is 5.32 Å². The van der Waals surface area contributed by atoms with E-state index in [2.05, 4.69) is 40.1 Å². The Morgan fingerprint density at radius 1 is 1.40 bits per heavy atom. The van der Waals surface area contributed by atoms with E-state index >= 15 is 0 Å². The van der Waals surface area contributed by atoms with Crippen LogP contribution in [-0.2, 0) is 14.3 Å². The first-order valence-corrected chi connectivity index (χ1v) is 8.97. The molecule has 1 N–H and O–H groups in total. The molecule has 3 rings (SSSR count). The van der Waals surface area contributed by atoms with Gasteiger partial charge >= 0.3 is 5.97 Å². The number of hydrogen-bond acceptors (Lipinski definition) is 5. The van der Waals surface area contributed by atoms with Crippen molar-refractivity contribution in [2.45, 2.75) is 39.5 Å². The smallest absolute Gasteiger partial charge is 0.336 e. The van der Waals surface area contributed by atoms with Crippen LogP contribution >= 0.6 is 15.9 Å². The van der Waals surface area contributed by atoms with Crippen molar-refractivity contribution in [1.82, 2.24) is 10.3 Å². The summed E-state index contributed by atoms with van der Waals surface area (Å²) < 4.78 is 5.63. The first-order valence-electron chi connectivity index (χ1n) is 8.18. The number of carbonyl (C=O) groups is 2. The fourth-order valence-corrected chi connectivity index (χ4v) is 4.22. The molecule has 132 valence electrons. The number of halogens is 1. The van der Waals surface area contributed by atoms with Crippen LogP contribution in [0.2, 0.25) is 0 Å². The molecule has 0 saturated heterocycles. The average molecular weight is 405 g/mol. The Hall–Kier alpha value is -1.95. The Morgan fingerprint density at radius 2 is 2.12 bits per heavy atom. The van der Waals surface area contributed by atoms with E-state index in [1.807, 2.05) is 19.1 Å². The second kappa shape index (κ2) is 6.41. The highest BCUT2D eigenvalue weighted by molar-refractivity contribution is 9.10. The van der Waals surface area contributed by atoms with E-state index in [1.54, 1.807) is 6.20 Å². The van der Waals surface area contributed by atoms with Gasteiger partial charge in [-0.15, -0.1) is 0 Å². The lowest BCUT2D eigenvalue weighted by Crippen LogP contribution is -2.38. The molecule has 0 spiro atoms. The van der Waals surface area contributed by atoms with Crippen molar-refractivity contribution in [2.75, 3.05) is 7.11 Å². The second-order valence-electron chi connectivity index (χ2n) is 7.30. The minimum Gasteiger partial charge on any atom is -0.466 e. The Morgan fingerprint density at radius 3 is 2.76 bits per heavy atom. The monoisotopic (exact) mass is 404 g/mol. The van der Waals surface area contributed by atoms with E-state index in [1.165, 1.54) is 7.11 Å². The van der Waals surface area contributed by atoms with Gasteiger partial charge in [0.2, 0.25) is 0 Å². The van der Waals surface area contributed by atoms with Gasteiger partial charge in [0.15, 0.2) is 5.78 Å². The standard InChI is InChI=1S/C19H21BrN2O3/c1-10-14(18(24)25-4)15(11-6-5-7-21-17(11)20)16-12(22-10)8-19(2,3)9-13(16)23/h5-7,15,22H,8-9H2,1-4H3/t15-/m1/s1. The van der Waals surface area contributed by atoms with Gasteiger partial charge in [-0.3, -0.25) is 4.79 Å². The fourth-order valence-electron chi connectivity index (χ4n) is 3.74. The van der Waals surface area contributed by atoms with Gasteiger partial charge in [0.1, 0.15) is 4.60 Å². The Labute approximate surface area is 155 Å². The average Bonchev–Trinajstić information content (AvgIpc) is 2.52.